The highest BCUT2D eigenvalue weighted by Crippen LogP contribution is 2.23. The Morgan fingerprint density at radius 1 is 1.00 bits per heavy atom. The lowest BCUT2D eigenvalue weighted by molar-refractivity contribution is 0.0740. The Kier molecular flexibility index (Phi) is 3.75. The lowest BCUT2D eigenvalue weighted by Crippen LogP contribution is -2.49. The first-order valence-electron chi connectivity index (χ1n) is 8.09. The lowest BCUT2D eigenvalue weighted by atomic mass is 10.2. The van der Waals surface area contributed by atoms with E-state index in [4.69, 9.17) is 0 Å². The van der Waals surface area contributed by atoms with E-state index < -0.39 is 0 Å². The number of aromatic nitrogens is 6. The fourth-order valence-electron chi connectivity index (χ4n) is 2.99. The number of carbonyl (C=O) groups excluding carboxylic acids is 1. The summed E-state index contributed by atoms with van der Waals surface area (Å²) in [6.07, 6.45) is 6.49. The minimum atomic E-state index is -0.0821. The van der Waals surface area contributed by atoms with Gasteiger partial charge < -0.3 is 9.80 Å². The van der Waals surface area contributed by atoms with Gasteiger partial charge in [-0.25, -0.2) is 15.0 Å². The number of hydrogen-bond donors (Lipinski definition) is 0. The molecule has 0 saturated carbocycles. The number of amides is 1. The van der Waals surface area contributed by atoms with Crippen LogP contribution in [0.15, 0.2) is 24.9 Å². The van der Waals surface area contributed by atoms with Crippen LogP contribution < -0.4 is 4.90 Å². The van der Waals surface area contributed by atoms with Crippen LogP contribution >= 0.6 is 0 Å². The van der Waals surface area contributed by atoms with Gasteiger partial charge in [-0.1, -0.05) is 0 Å². The molecule has 0 N–H and O–H groups in total. The molecule has 0 unspecified atom stereocenters. The van der Waals surface area contributed by atoms with Crippen LogP contribution in [0.2, 0.25) is 0 Å². The summed E-state index contributed by atoms with van der Waals surface area (Å²) in [7, 11) is 1.86. The summed E-state index contributed by atoms with van der Waals surface area (Å²) in [5.74, 6) is 0.779. The van der Waals surface area contributed by atoms with Crippen molar-refractivity contribution < 1.29 is 4.79 Å². The van der Waals surface area contributed by atoms with Crippen LogP contribution in [0, 0.1) is 6.92 Å². The molecule has 0 spiro atoms. The Labute approximate surface area is 144 Å². The van der Waals surface area contributed by atoms with Gasteiger partial charge >= 0.3 is 0 Å². The van der Waals surface area contributed by atoms with E-state index in [1.807, 2.05) is 14.0 Å². The van der Waals surface area contributed by atoms with E-state index in [2.05, 4.69) is 29.9 Å². The first-order chi connectivity index (χ1) is 12.1. The van der Waals surface area contributed by atoms with Crippen molar-refractivity contribution in [2.45, 2.75) is 6.92 Å². The van der Waals surface area contributed by atoms with Gasteiger partial charge in [0.25, 0.3) is 5.91 Å². The Hall–Kier alpha value is -3.10. The molecule has 9 nitrogen and oxygen atoms in total. The van der Waals surface area contributed by atoms with Crippen molar-refractivity contribution in [3.8, 4) is 0 Å². The van der Waals surface area contributed by atoms with Crippen molar-refractivity contribution in [3.05, 3.63) is 36.3 Å². The summed E-state index contributed by atoms with van der Waals surface area (Å²) in [6.45, 7) is 4.47. The predicted octanol–water partition coefficient (Wildman–Crippen LogP) is 0.424. The van der Waals surface area contributed by atoms with E-state index in [9.17, 15) is 4.79 Å². The third-order valence-electron chi connectivity index (χ3n) is 4.37. The smallest absolute Gasteiger partial charge is 0.274 e. The fraction of sp³-hybridized carbons (Fsp3) is 0.375. The summed E-state index contributed by atoms with van der Waals surface area (Å²) in [4.78, 5) is 33.5. The van der Waals surface area contributed by atoms with Gasteiger partial charge in [-0.05, 0) is 6.92 Å². The van der Waals surface area contributed by atoms with E-state index >= 15 is 0 Å². The Balaban J connectivity index is 1.49. The Bertz CT molecular complexity index is 912. The zero-order valence-corrected chi connectivity index (χ0v) is 14.1. The second-order valence-electron chi connectivity index (χ2n) is 6.03. The van der Waals surface area contributed by atoms with Crippen molar-refractivity contribution in [2.75, 3.05) is 31.1 Å². The summed E-state index contributed by atoms with van der Waals surface area (Å²) < 4.78 is 1.73. The highest BCUT2D eigenvalue weighted by atomic mass is 16.2. The van der Waals surface area contributed by atoms with Gasteiger partial charge in [0.2, 0.25) is 0 Å². The maximum absolute atomic E-state index is 12.5. The lowest BCUT2D eigenvalue weighted by Gasteiger charge is -2.35. The van der Waals surface area contributed by atoms with Crippen molar-refractivity contribution in [1.29, 1.82) is 0 Å². The van der Waals surface area contributed by atoms with Crippen LogP contribution in [0.25, 0.3) is 11.0 Å². The summed E-state index contributed by atoms with van der Waals surface area (Å²) in [6, 6.07) is 0. The molecule has 4 heterocycles. The zero-order chi connectivity index (χ0) is 17.4. The molecular weight excluding hydrogens is 320 g/mol. The number of piperazine rings is 1. The molecule has 0 aliphatic carbocycles. The van der Waals surface area contributed by atoms with Gasteiger partial charge in [-0.15, -0.1) is 0 Å². The normalized spacial score (nSPS) is 15.0. The second kappa shape index (κ2) is 6.08. The van der Waals surface area contributed by atoms with Crippen LogP contribution in [-0.4, -0.2) is 66.7 Å². The molecule has 1 amide bonds. The molecule has 4 rings (SSSR count). The van der Waals surface area contributed by atoms with Crippen molar-refractivity contribution >= 4 is 22.8 Å². The van der Waals surface area contributed by atoms with Gasteiger partial charge in [-0.3, -0.25) is 14.5 Å². The average molecular weight is 338 g/mol. The van der Waals surface area contributed by atoms with Gasteiger partial charge in [0.1, 0.15) is 17.8 Å². The highest BCUT2D eigenvalue weighted by molar-refractivity contribution is 5.92. The fourth-order valence-corrected chi connectivity index (χ4v) is 2.99. The molecule has 3 aromatic heterocycles. The molecule has 1 aliphatic heterocycles. The largest absolute Gasteiger partial charge is 0.352 e. The average Bonchev–Trinajstić information content (AvgIpc) is 3.03. The molecule has 0 atom stereocenters. The van der Waals surface area contributed by atoms with Gasteiger partial charge in [0.05, 0.1) is 23.5 Å². The Morgan fingerprint density at radius 2 is 1.80 bits per heavy atom. The van der Waals surface area contributed by atoms with Crippen LogP contribution in [0.1, 0.15) is 16.2 Å². The number of anilines is 1. The molecule has 0 radical (unpaired) electrons. The predicted molar refractivity (Wildman–Crippen MR) is 91.2 cm³/mol. The standard InChI is InChI=1S/C16H18N8O/c1-11-7-18-13(9-17-11)16(25)24-5-3-23(4-6-24)15-12-8-21-22(2)14(12)19-10-20-15/h7-10H,3-6H2,1-2H3. The number of aryl methyl sites for hydroxylation is 2. The molecule has 3 aromatic rings. The minimum absolute atomic E-state index is 0.0821. The first kappa shape index (κ1) is 15.4. The van der Waals surface area contributed by atoms with Crippen LogP contribution in [-0.2, 0) is 7.05 Å². The maximum atomic E-state index is 12.5. The van der Waals surface area contributed by atoms with Crippen LogP contribution in [0.4, 0.5) is 5.82 Å². The molecule has 128 valence electrons. The van der Waals surface area contributed by atoms with E-state index in [1.54, 1.807) is 28.3 Å². The summed E-state index contributed by atoms with van der Waals surface area (Å²) >= 11 is 0. The molecular formula is C16H18N8O. The highest BCUT2D eigenvalue weighted by Gasteiger charge is 2.25. The molecule has 25 heavy (non-hydrogen) atoms. The van der Waals surface area contributed by atoms with Crippen molar-refractivity contribution in [1.82, 2.24) is 34.6 Å². The topological polar surface area (TPSA) is 92.9 Å². The van der Waals surface area contributed by atoms with Crippen molar-refractivity contribution in [2.24, 2.45) is 7.05 Å². The third-order valence-corrected chi connectivity index (χ3v) is 4.37. The molecule has 1 fully saturated rings. The number of fused-ring (bicyclic) bond motifs is 1. The van der Waals surface area contributed by atoms with Crippen molar-refractivity contribution in [3.63, 3.8) is 0 Å². The number of nitrogens with zero attached hydrogens (tertiary/aromatic N) is 8. The molecule has 1 aliphatic rings. The van der Waals surface area contributed by atoms with Crippen LogP contribution in [0.5, 0.6) is 0 Å². The summed E-state index contributed by atoms with van der Waals surface area (Å²) in [5, 5.41) is 5.17. The van der Waals surface area contributed by atoms with E-state index in [0.29, 0.717) is 31.9 Å². The van der Waals surface area contributed by atoms with Gasteiger partial charge in [0, 0.05) is 39.4 Å². The molecule has 0 aromatic carbocycles. The van der Waals surface area contributed by atoms with E-state index in [1.165, 1.54) is 6.20 Å². The molecule has 1 saturated heterocycles. The zero-order valence-electron chi connectivity index (χ0n) is 14.1. The number of hydrogen-bond acceptors (Lipinski definition) is 7. The summed E-state index contributed by atoms with van der Waals surface area (Å²) in [5.41, 5.74) is 1.99. The van der Waals surface area contributed by atoms with Crippen LogP contribution in [0.3, 0.4) is 0 Å². The first-order valence-corrected chi connectivity index (χ1v) is 8.09. The van der Waals surface area contributed by atoms with Gasteiger partial charge in [-0.2, -0.15) is 5.10 Å². The molecule has 9 heteroatoms. The van der Waals surface area contributed by atoms with Gasteiger partial charge in [0.15, 0.2) is 5.65 Å². The second-order valence-corrected chi connectivity index (χ2v) is 6.03. The SMILES string of the molecule is Cc1cnc(C(=O)N2CCN(c3ncnc4c3cnn4C)CC2)cn1. The molecule has 0 bridgehead atoms. The Morgan fingerprint density at radius 3 is 2.52 bits per heavy atom. The number of rotatable bonds is 2. The number of carbonyl (C=O) groups is 1. The van der Waals surface area contributed by atoms with E-state index in [-0.39, 0.29) is 5.91 Å². The monoisotopic (exact) mass is 338 g/mol. The minimum Gasteiger partial charge on any atom is -0.352 e. The third kappa shape index (κ3) is 2.77. The van der Waals surface area contributed by atoms with E-state index in [0.717, 1.165) is 22.5 Å². The maximum Gasteiger partial charge on any atom is 0.274 e. The quantitative estimate of drug-likeness (QED) is 0.668.